The summed E-state index contributed by atoms with van der Waals surface area (Å²) >= 11 is 0. The highest BCUT2D eigenvalue weighted by atomic mass is 32.2. The van der Waals surface area contributed by atoms with Gasteiger partial charge in [-0.05, 0) is 38.7 Å². The molecule has 84 valence electrons. The van der Waals surface area contributed by atoms with Crippen molar-refractivity contribution in [2.75, 3.05) is 14.1 Å². The van der Waals surface area contributed by atoms with E-state index in [1.807, 2.05) is 20.0 Å². The van der Waals surface area contributed by atoms with Gasteiger partial charge in [-0.15, -0.1) is 0 Å². The van der Waals surface area contributed by atoms with E-state index in [1.165, 1.54) is 7.05 Å². The Morgan fingerprint density at radius 3 is 2.47 bits per heavy atom. The number of rotatable bonds is 4. The van der Waals surface area contributed by atoms with Crippen LogP contribution in [-0.2, 0) is 10.0 Å². The Hall–Kier alpha value is -0.910. The van der Waals surface area contributed by atoms with Gasteiger partial charge in [-0.3, -0.25) is 0 Å². The highest BCUT2D eigenvalue weighted by Crippen LogP contribution is 2.16. The Balaban J connectivity index is 3.14. The molecule has 0 heterocycles. The first-order valence-electron chi connectivity index (χ1n) is 4.72. The average molecular weight is 228 g/mol. The van der Waals surface area contributed by atoms with E-state index in [0.29, 0.717) is 4.90 Å². The number of sulfonamides is 1. The van der Waals surface area contributed by atoms with Crippen molar-refractivity contribution in [1.29, 1.82) is 0 Å². The molecule has 0 radical (unpaired) electrons. The van der Waals surface area contributed by atoms with Gasteiger partial charge in [0, 0.05) is 6.04 Å². The molecule has 1 unspecified atom stereocenters. The molecule has 1 rings (SSSR count). The summed E-state index contributed by atoms with van der Waals surface area (Å²) in [5.74, 6) is 0. The maximum absolute atomic E-state index is 11.5. The Bertz CT molecular complexity index is 429. The second kappa shape index (κ2) is 4.74. The lowest BCUT2D eigenvalue weighted by atomic mass is 10.1. The minimum atomic E-state index is -3.34. The summed E-state index contributed by atoms with van der Waals surface area (Å²) in [7, 11) is -0.0967. The summed E-state index contributed by atoms with van der Waals surface area (Å²) in [5.41, 5.74) is 0.953. The van der Waals surface area contributed by atoms with Crippen molar-refractivity contribution in [1.82, 2.24) is 10.0 Å². The summed E-state index contributed by atoms with van der Waals surface area (Å²) < 4.78 is 25.4. The van der Waals surface area contributed by atoms with E-state index >= 15 is 0 Å². The van der Waals surface area contributed by atoms with Gasteiger partial charge in [-0.25, -0.2) is 13.1 Å². The Kier molecular flexibility index (Phi) is 3.84. The monoisotopic (exact) mass is 228 g/mol. The Morgan fingerprint density at radius 1 is 1.27 bits per heavy atom. The molecule has 0 saturated heterocycles. The summed E-state index contributed by atoms with van der Waals surface area (Å²) in [6, 6.07) is 7.03. The predicted molar refractivity (Wildman–Crippen MR) is 60.2 cm³/mol. The van der Waals surface area contributed by atoms with Crippen LogP contribution in [0.2, 0.25) is 0 Å². The van der Waals surface area contributed by atoms with Crippen molar-refractivity contribution >= 4 is 10.0 Å². The van der Waals surface area contributed by atoms with Gasteiger partial charge in [0.25, 0.3) is 0 Å². The zero-order valence-electron chi connectivity index (χ0n) is 9.11. The SMILES string of the molecule is CNC(C)c1cccc(S(=O)(=O)NC)c1. The van der Waals surface area contributed by atoms with Crippen molar-refractivity contribution in [3.63, 3.8) is 0 Å². The zero-order valence-corrected chi connectivity index (χ0v) is 9.93. The average Bonchev–Trinajstić information content (AvgIpc) is 2.28. The molecule has 0 aliphatic carbocycles. The minimum Gasteiger partial charge on any atom is -0.313 e. The van der Waals surface area contributed by atoms with Gasteiger partial charge in [0.05, 0.1) is 4.90 Å². The first-order chi connectivity index (χ1) is 7.01. The highest BCUT2D eigenvalue weighted by Gasteiger charge is 2.12. The fourth-order valence-electron chi connectivity index (χ4n) is 1.24. The molecule has 4 nitrogen and oxygen atoms in total. The van der Waals surface area contributed by atoms with Crippen molar-refractivity contribution in [3.8, 4) is 0 Å². The van der Waals surface area contributed by atoms with Gasteiger partial charge in [0.1, 0.15) is 0 Å². The standard InChI is InChI=1S/C10H16N2O2S/c1-8(11-2)9-5-4-6-10(7-9)15(13,14)12-3/h4-8,11-12H,1-3H3. The van der Waals surface area contributed by atoms with E-state index in [2.05, 4.69) is 10.0 Å². The molecule has 5 heteroatoms. The Labute approximate surface area is 90.8 Å². The maximum atomic E-state index is 11.5. The first kappa shape index (κ1) is 12.2. The fourth-order valence-corrected chi connectivity index (χ4v) is 2.02. The third-order valence-corrected chi connectivity index (χ3v) is 3.78. The number of hydrogen-bond acceptors (Lipinski definition) is 3. The Morgan fingerprint density at radius 2 is 1.93 bits per heavy atom. The van der Waals surface area contributed by atoms with E-state index < -0.39 is 10.0 Å². The van der Waals surface area contributed by atoms with Gasteiger partial charge in [0.2, 0.25) is 10.0 Å². The molecule has 0 bridgehead atoms. The largest absolute Gasteiger partial charge is 0.313 e. The van der Waals surface area contributed by atoms with Crippen molar-refractivity contribution < 1.29 is 8.42 Å². The van der Waals surface area contributed by atoms with Gasteiger partial charge >= 0.3 is 0 Å². The van der Waals surface area contributed by atoms with Crippen LogP contribution in [0.25, 0.3) is 0 Å². The van der Waals surface area contributed by atoms with Crippen LogP contribution in [0.4, 0.5) is 0 Å². The van der Waals surface area contributed by atoms with Crippen LogP contribution in [0.1, 0.15) is 18.5 Å². The molecule has 0 aromatic heterocycles. The second-order valence-electron chi connectivity index (χ2n) is 3.29. The molecule has 0 fully saturated rings. The normalized spacial score (nSPS) is 13.8. The fraction of sp³-hybridized carbons (Fsp3) is 0.400. The molecule has 15 heavy (non-hydrogen) atoms. The molecule has 0 spiro atoms. The van der Waals surface area contributed by atoms with Crippen molar-refractivity contribution in [2.45, 2.75) is 17.9 Å². The molecule has 2 N–H and O–H groups in total. The summed E-state index contributed by atoms with van der Waals surface area (Å²) in [5, 5.41) is 3.06. The summed E-state index contributed by atoms with van der Waals surface area (Å²) in [6.07, 6.45) is 0. The van der Waals surface area contributed by atoms with Crippen LogP contribution < -0.4 is 10.0 Å². The lowest BCUT2D eigenvalue weighted by Crippen LogP contribution is -2.19. The molecule has 0 saturated carbocycles. The summed E-state index contributed by atoms with van der Waals surface area (Å²) in [4.78, 5) is 0.296. The third kappa shape index (κ3) is 2.77. The molecule has 0 amide bonds. The molecule has 1 aromatic rings. The van der Waals surface area contributed by atoms with Gasteiger partial charge in [-0.2, -0.15) is 0 Å². The van der Waals surface area contributed by atoms with Gasteiger partial charge in [0.15, 0.2) is 0 Å². The van der Waals surface area contributed by atoms with Crippen LogP contribution in [0, 0.1) is 0 Å². The molecule has 0 aliphatic rings. The predicted octanol–water partition coefficient (Wildman–Crippen LogP) is 0.875. The van der Waals surface area contributed by atoms with E-state index in [-0.39, 0.29) is 6.04 Å². The quantitative estimate of drug-likeness (QED) is 0.804. The van der Waals surface area contributed by atoms with Crippen LogP contribution in [0.5, 0.6) is 0 Å². The number of nitrogens with one attached hydrogen (secondary N) is 2. The number of benzene rings is 1. The van der Waals surface area contributed by atoms with Crippen LogP contribution in [0.3, 0.4) is 0 Å². The molecule has 0 aliphatic heterocycles. The molecule has 1 atom stereocenters. The third-order valence-electron chi connectivity index (χ3n) is 2.37. The van der Waals surface area contributed by atoms with Crippen LogP contribution >= 0.6 is 0 Å². The van der Waals surface area contributed by atoms with Gasteiger partial charge in [-0.1, -0.05) is 12.1 Å². The summed E-state index contributed by atoms with van der Waals surface area (Å²) in [6.45, 7) is 1.98. The zero-order chi connectivity index (χ0) is 11.5. The van der Waals surface area contributed by atoms with Crippen LogP contribution in [-0.4, -0.2) is 22.5 Å². The van der Waals surface area contributed by atoms with Crippen molar-refractivity contribution in [2.24, 2.45) is 0 Å². The second-order valence-corrected chi connectivity index (χ2v) is 5.18. The molecule has 1 aromatic carbocycles. The van der Waals surface area contributed by atoms with E-state index in [4.69, 9.17) is 0 Å². The maximum Gasteiger partial charge on any atom is 0.240 e. The lowest BCUT2D eigenvalue weighted by Gasteiger charge is -2.11. The highest BCUT2D eigenvalue weighted by molar-refractivity contribution is 7.89. The number of hydrogen-bond donors (Lipinski definition) is 2. The minimum absolute atomic E-state index is 0.136. The topological polar surface area (TPSA) is 58.2 Å². The first-order valence-corrected chi connectivity index (χ1v) is 6.20. The lowest BCUT2D eigenvalue weighted by molar-refractivity contribution is 0.587. The van der Waals surface area contributed by atoms with Crippen LogP contribution in [0.15, 0.2) is 29.2 Å². The molecular weight excluding hydrogens is 212 g/mol. The van der Waals surface area contributed by atoms with Crippen molar-refractivity contribution in [3.05, 3.63) is 29.8 Å². The van der Waals surface area contributed by atoms with E-state index in [1.54, 1.807) is 18.2 Å². The van der Waals surface area contributed by atoms with Gasteiger partial charge < -0.3 is 5.32 Å². The van der Waals surface area contributed by atoms with E-state index in [9.17, 15) is 8.42 Å². The smallest absolute Gasteiger partial charge is 0.240 e. The molecular formula is C10H16N2O2S. The van der Waals surface area contributed by atoms with E-state index in [0.717, 1.165) is 5.56 Å².